The number of benzene rings is 2. The Labute approximate surface area is 146 Å². The number of hydrogen-bond donors (Lipinski definition) is 1. The van der Waals surface area contributed by atoms with Crippen LogP contribution in [0.2, 0.25) is 0 Å². The maximum absolute atomic E-state index is 12.8. The molecule has 2 aliphatic rings. The standard InChI is InChI=1S/C21H20N2O2/c1-21-17-6-4-3-5-13(17)11-19(24)23(21)10-9-15-16-12-14(25-2)7-8-18(16)22-20(15)21/h3-8,12,22H,9-11H2,1-2H3/t21-/m0/s1. The number of nitrogens with zero attached hydrogens (tertiary/aromatic N) is 1. The maximum Gasteiger partial charge on any atom is 0.228 e. The van der Waals surface area contributed by atoms with Gasteiger partial charge in [-0.15, -0.1) is 0 Å². The second-order valence-corrected chi connectivity index (χ2v) is 7.09. The van der Waals surface area contributed by atoms with Crippen LogP contribution in [0.1, 0.15) is 29.3 Å². The van der Waals surface area contributed by atoms with Crippen molar-refractivity contribution in [3.8, 4) is 5.75 Å². The van der Waals surface area contributed by atoms with Gasteiger partial charge in [0.05, 0.1) is 13.5 Å². The number of aromatic amines is 1. The van der Waals surface area contributed by atoms with Gasteiger partial charge in [0, 0.05) is 23.1 Å². The van der Waals surface area contributed by atoms with Crippen LogP contribution in [-0.4, -0.2) is 29.4 Å². The molecule has 0 unspecified atom stereocenters. The fourth-order valence-electron chi connectivity index (χ4n) is 4.67. The molecule has 0 saturated heterocycles. The molecule has 0 spiro atoms. The number of ether oxygens (including phenoxy) is 1. The molecule has 0 radical (unpaired) electrons. The minimum atomic E-state index is -0.439. The van der Waals surface area contributed by atoms with E-state index < -0.39 is 5.54 Å². The molecule has 5 rings (SSSR count). The summed E-state index contributed by atoms with van der Waals surface area (Å²) in [5.74, 6) is 1.07. The van der Waals surface area contributed by atoms with Gasteiger partial charge in [0.15, 0.2) is 0 Å². The number of hydrogen-bond acceptors (Lipinski definition) is 2. The van der Waals surface area contributed by atoms with Gasteiger partial charge in [-0.2, -0.15) is 0 Å². The van der Waals surface area contributed by atoms with Gasteiger partial charge in [-0.3, -0.25) is 4.79 Å². The topological polar surface area (TPSA) is 45.3 Å². The van der Waals surface area contributed by atoms with Gasteiger partial charge in [-0.25, -0.2) is 0 Å². The van der Waals surface area contributed by atoms with Crippen molar-refractivity contribution in [2.45, 2.75) is 25.3 Å². The van der Waals surface area contributed by atoms with Crippen LogP contribution in [0, 0.1) is 0 Å². The maximum atomic E-state index is 12.8. The normalized spacial score (nSPS) is 21.7. The second-order valence-electron chi connectivity index (χ2n) is 7.09. The average Bonchev–Trinajstić information content (AvgIpc) is 3.01. The van der Waals surface area contributed by atoms with Gasteiger partial charge in [0.1, 0.15) is 11.3 Å². The molecule has 0 saturated carbocycles. The van der Waals surface area contributed by atoms with E-state index in [0.717, 1.165) is 35.5 Å². The smallest absolute Gasteiger partial charge is 0.228 e. The van der Waals surface area contributed by atoms with Gasteiger partial charge in [-0.05, 0) is 48.2 Å². The first-order chi connectivity index (χ1) is 12.1. The van der Waals surface area contributed by atoms with Gasteiger partial charge in [0.2, 0.25) is 5.91 Å². The average molecular weight is 332 g/mol. The van der Waals surface area contributed by atoms with Crippen molar-refractivity contribution >= 4 is 16.8 Å². The number of fused-ring (bicyclic) bond motifs is 7. The summed E-state index contributed by atoms with van der Waals surface area (Å²) < 4.78 is 5.41. The fourth-order valence-corrected chi connectivity index (χ4v) is 4.67. The molecule has 25 heavy (non-hydrogen) atoms. The molecule has 1 amide bonds. The summed E-state index contributed by atoms with van der Waals surface area (Å²) in [5, 5.41) is 1.20. The molecule has 0 bridgehead atoms. The van der Waals surface area contributed by atoms with Crippen molar-refractivity contribution in [2.75, 3.05) is 13.7 Å². The highest BCUT2D eigenvalue weighted by atomic mass is 16.5. The Balaban J connectivity index is 1.82. The van der Waals surface area contributed by atoms with Crippen LogP contribution in [0.4, 0.5) is 0 Å². The molecule has 1 N–H and O–H groups in total. The molecule has 2 aromatic carbocycles. The number of aromatic nitrogens is 1. The highest BCUT2D eigenvalue weighted by Gasteiger charge is 2.48. The molecule has 1 atom stereocenters. The van der Waals surface area contributed by atoms with E-state index in [4.69, 9.17) is 4.74 Å². The van der Waals surface area contributed by atoms with Gasteiger partial charge in [0.25, 0.3) is 0 Å². The predicted octanol–water partition coefficient (Wildman–Crippen LogP) is 3.38. The van der Waals surface area contributed by atoms with Crippen molar-refractivity contribution in [1.82, 2.24) is 9.88 Å². The van der Waals surface area contributed by atoms with Crippen molar-refractivity contribution < 1.29 is 9.53 Å². The fraction of sp³-hybridized carbons (Fsp3) is 0.286. The lowest BCUT2D eigenvalue weighted by atomic mass is 9.75. The quantitative estimate of drug-likeness (QED) is 0.742. The molecule has 4 nitrogen and oxygen atoms in total. The summed E-state index contributed by atoms with van der Waals surface area (Å²) in [5.41, 5.74) is 5.47. The molecular weight excluding hydrogens is 312 g/mol. The first-order valence-electron chi connectivity index (χ1n) is 8.71. The number of rotatable bonds is 1. The van der Waals surface area contributed by atoms with E-state index in [-0.39, 0.29) is 5.91 Å². The third-order valence-corrected chi connectivity index (χ3v) is 5.91. The third kappa shape index (κ3) is 1.79. The highest BCUT2D eigenvalue weighted by molar-refractivity contribution is 5.90. The highest BCUT2D eigenvalue weighted by Crippen LogP contribution is 2.46. The molecule has 0 fully saturated rings. The van der Waals surface area contributed by atoms with Crippen molar-refractivity contribution in [1.29, 1.82) is 0 Å². The Kier molecular flexibility index (Phi) is 2.85. The molecule has 3 heterocycles. The third-order valence-electron chi connectivity index (χ3n) is 5.91. The second kappa shape index (κ2) is 4.88. The van der Waals surface area contributed by atoms with E-state index in [1.54, 1.807) is 7.11 Å². The van der Waals surface area contributed by atoms with E-state index in [1.807, 2.05) is 17.0 Å². The zero-order valence-corrected chi connectivity index (χ0v) is 14.4. The summed E-state index contributed by atoms with van der Waals surface area (Å²) in [7, 11) is 1.69. The summed E-state index contributed by atoms with van der Waals surface area (Å²) in [6, 6.07) is 14.5. The first-order valence-corrected chi connectivity index (χ1v) is 8.71. The Morgan fingerprint density at radius 3 is 2.88 bits per heavy atom. The number of methoxy groups -OCH3 is 1. The zero-order valence-electron chi connectivity index (χ0n) is 14.4. The molecular formula is C21H20N2O2. The SMILES string of the molecule is COc1ccc2[nH]c3c(c2c1)CCN1C(=O)Cc2ccccc2[C@@]31C. The first kappa shape index (κ1) is 14.6. The minimum absolute atomic E-state index is 0.211. The van der Waals surface area contributed by atoms with Crippen LogP contribution in [0.3, 0.4) is 0 Å². The van der Waals surface area contributed by atoms with E-state index in [0.29, 0.717) is 6.42 Å². The van der Waals surface area contributed by atoms with E-state index >= 15 is 0 Å². The minimum Gasteiger partial charge on any atom is -0.497 e. The van der Waals surface area contributed by atoms with Crippen LogP contribution < -0.4 is 4.74 Å². The lowest BCUT2D eigenvalue weighted by molar-refractivity contribution is -0.137. The summed E-state index contributed by atoms with van der Waals surface area (Å²) >= 11 is 0. The summed E-state index contributed by atoms with van der Waals surface area (Å²) in [6.45, 7) is 2.92. The van der Waals surface area contributed by atoms with Crippen LogP contribution in [0.15, 0.2) is 42.5 Å². The van der Waals surface area contributed by atoms with E-state index in [9.17, 15) is 4.79 Å². The monoisotopic (exact) mass is 332 g/mol. The number of nitrogens with one attached hydrogen (secondary N) is 1. The van der Waals surface area contributed by atoms with Crippen LogP contribution in [0.25, 0.3) is 10.9 Å². The number of carbonyl (C=O) groups excluding carboxylic acids is 1. The number of carbonyl (C=O) groups is 1. The zero-order chi connectivity index (χ0) is 17.2. The van der Waals surface area contributed by atoms with Gasteiger partial charge < -0.3 is 14.6 Å². The number of H-pyrrole nitrogens is 1. The number of amides is 1. The van der Waals surface area contributed by atoms with Crippen LogP contribution in [-0.2, 0) is 23.2 Å². The van der Waals surface area contributed by atoms with Crippen molar-refractivity contribution in [3.05, 3.63) is 64.8 Å². The molecule has 2 aliphatic heterocycles. The van der Waals surface area contributed by atoms with Crippen molar-refractivity contribution in [2.24, 2.45) is 0 Å². The van der Waals surface area contributed by atoms with E-state index in [2.05, 4.69) is 42.2 Å². The Hall–Kier alpha value is -2.75. The summed E-state index contributed by atoms with van der Waals surface area (Å²) in [6.07, 6.45) is 1.36. The summed E-state index contributed by atoms with van der Waals surface area (Å²) in [4.78, 5) is 18.5. The van der Waals surface area contributed by atoms with Gasteiger partial charge >= 0.3 is 0 Å². The Morgan fingerprint density at radius 2 is 2.04 bits per heavy atom. The van der Waals surface area contributed by atoms with Crippen molar-refractivity contribution in [3.63, 3.8) is 0 Å². The molecule has 4 heteroatoms. The lowest BCUT2D eigenvalue weighted by Gasteiger charge is -2.48. The molecule has 0 aliphatic carbocycles. The molecule has 1 aromatic heterocycles. The predicted molar refractivity (Wildman–Crippen MR) is 96.9 cm³/mol. The Bertz CT molecular complexity index is 1020. The van der Waals surface area contributed by atoms with Crippen LogP contribution in [0.5, 0.6) is 5.75 Å². The molecule has 3 aromatic rings. The molecule has 126 valence electrons. The lowest BCUT2D eigenvalue weighted by Crippen LogP contribution is -2.55. The van der Waals surface area contributed by atoms with E-state index in [1.165, 1.54) is 16.5 Å². The van der Waals surface area contributed by atoms with Gasteiger partial charge in [-0.1, -0.05) is 24.3 Å². The Morgan fingerprint density at radius 1 is 1.20 bits per heavy atom. The van der Waals surface area contributed by atoms with Crippen LogP contribution >= 0.6 is 0 Å². The largest absolute Gasteiger partial charge is 0.497 e.